The van der Waals surface area contributed by atoms with Crippen molar-refractivity contribution < 1.29 is 9.53 Å². The molecule has 8 nitrogen and oxygen atoms in total. The maximum atomic E-state index is 11.7. The molecule has 3 N–H and O–H groups in total. The second-order valence-electron chi connectivity index (χ2n) is 6.08. The first kappa shape index (κ1) is 18.1. The van der Waals surface area contributed by atoms with Crippen LogP contribution in [0.25, 0.3) is 0 Å². The maximum Gasteiger partial charge on any atom is 0.409 e. The van der Waals surface area contributed by atoms with Crippen molar-refractivity contribution in [1.82, 2.24) is 20.0 Å². The largest absolute Gasteiger partial charge is 0.450 e. The second kappa shape index (κ2) is 8.03. The molecule has 0 aliphatic carbocycles. The van der Waals surface area contributed by atoms with Crippen LogP contribution in [-0.2, 0) is 18.3 Å². The van der Waals surface area contributed by atoms with Gasteiger partial charge in [0.25, 0.3) is 0 Å². The van der Waals surface area contributed by atoms with E-state index in [-0.39, 0.29) is 12.1 Å². The quantitative estimate of drug-likeness (QED) is 0.633. The predicted octanol–water partition coefficient (Wildman–Crippen LogP) is 1.06. The van der Waals surface area contributed by atoms with Crippen LogP contribution in [0.15, 0.2) is 4.99 Å². The van der Waals surface area contributed by atoms with Crippen molar-refractivity contribution in [2.75, 3.05) is 19.7 Å². The SMILES string of the molecule is CCOC(=O)N1CCC(NC(N)=NCc2c(C)nn(C)c2C)CC1. The number of carbonyl (C=O) groups excluding carboxylic acids is 1. The third kappa shape index (κ3) is 4.39. The minimum atomic E-state index is -0.236. The van der Waals surface area contributed by atoms with Crippen LogP contribution in [0, 0.1) is 13.8 Å². The maximum absolute atomic E-state index is 11.7. The molecule has 0 bridgehead atoms. The average Bonchev–Trinajstić information content (AvgIpc) is 2.79. The first-order valence-corrected chi connectivity index (χ1v) is 8.39. The lowest BCUT2D eigenvalue weighted by atomic mass is 10.1. The molecule has 2 rings (SSSR count). The van der Waals surface area contributed by atoms with E-state index < -0.39 is 0 Å². The van der Waals surface area contributed by atoms with E-state index in [4.69, 9.17) is 10.5 Å². The van der Waals surface area contributed by atoms with Crippen LogP contribution < -0.4 is 11.1 Å². The summed E-state index contributed by atoms with van der Waals surface area (Å²) in [5.41, 5.74) is 9.20. The zero-order valence-corrected chi connectivity index (χ0v) is 15.0. The number of amides is 1. The number of aromatic nitrogens is 2. The summed E-state index contributed by atoms with van der Waals surface area (Å²) in [6.45, 7) is 8.09. The van der Waals surface area contributed by atoms with Gasteiger partial charge in [-0.3, -0.25) is 4.68 Å². The summed E-state index contributed by atoms with van der Waals surface area (Å²) in [7, 11) is 1.93. The highest BCUT2D eigenvalue weighted by Gasteiger charge is 2.23. The number of aliphatic imine (C=N–C) groups is 1. The fourth-order valence-electron chi connectivity index (χ4n) is 2.89. The standard InChI is InChI=1S/C16H28N6O2/c1-5-24-16(23)22-8-6-13(7-9-22)19-15(17)18-10-14-11(2)20-21(4)12(14)3/h13H,5-10H2,1-4H3,(H3,17,18,19). The zero-order chi connectivity index (χ0) is 17.7. The Hall–Kier alpha value is -2.25. The highest BCUT2D eigenvalue weighted by Crippen LogP contribution is 2.13. The molecule has 0 unspecified atom stereocenters. The van der Waals surface area contributed by atoms with Crippen LogP contribution in [0.1, 0.15) is 36.7 Å². The monoisotopic (exact) mass is 336 g/mol. The number of guanidine groups is 1. The van der Waals surface area contributed by atoms with Gasteiger partial charge in [0.05, 0.1) is 18.8 Å². The molecule has 24 heavy (non-hydrogen) atoms. The molecule has 8 heteroatoms. The van der Waals surface area contributed by atoms with E-state index in [0.717, 1.165) is 29.8 Å². The smallest absolute Gasteiger partial charge is 0.409 e. The summed E-state index contributed by atoms with van der Waals surface area (Å²) in [5.74, 6) is 0.437. The van der Waals surface area contributed by atoms with Crippen molar-refractivity contribution in [1.29, 1.82) is 0 Å². The zero-order valence-electron chi connectivity index (χ0n) is 15.0. The minimum Gasteiger partial charge on any atom is -0.450 e. The molecule has 0 saturated carbocycles. The van der Waals surface area contributed by atoms with E-state index in [1.165, 1.54) is 0 Å². The van der Waals surface area contributed by atoms with Gasteiger partial charge in [-0.2, -0.15) is 5.10 Å². The molecule has 0 aromatic carbocycles. The second-order valence-corrected chi connectivity index (χ2v) is 6.08. The summed E-state index contributed by atoms with van der Waals surface area (Å²) in [6, 6.07) is 0.232. The van der Waals surface area contributed by atoms with Crippen molar-refractivity contribution in [2.45, 2.75) is 46.2 Å². The molecule has 1 aliphatic heterocycles. The van der Waals surface area contributed by atoms with Gasteiger partial charge in [0.1, 0.15) is 0 Å². The molecule has 1 aliphatic rings. The summed E-state index contributed by atoms with van der Waals surface area (Å²) in [4.78, 5) is 17.8. The van der Waals surface area contributed by atoms with Gasteiger partial charge in [-0.1, -0.05) is 0 Å². The first-order chi connectivity index (χ1) is 11.4. The highest BCUT2D eigenvalue weighted by atomic mass is 16.6. The van der Waals surface area contributed by atoms with E-state index in [2.05, 4.69) is 15.4 Å². The van der Waals surface area contributed by atoms with Gasteiger partial charge in [-0.25, -0.2) is 9.79 Å². The Balaban J connectivity index is 1.83. The number of nitrogens with zero attached hydrogens (tertiary/aromatic N) is 4. The Bertz CT molecular complexity index is 602. The Morgan fingerprint density at radius 1 is 1.42 bits per heavy atom. The summed E-state index contributed by atoms with van der Waals surface area (Å²) >= 11 is 0. The van der Waals surface area contributed by atoms with Gasteiger partial charge in [0.15, 0.2) is 5.96 Å². The van der Waals surface area contributed by atoms with Crippen molar-refractivity contribution in [3.8, 4) is 0 Å². The van der Waals surface area contributed by atoms with Gasteiger partial charge in [-0.05, 0) is 33.6 Å². The molecular formula is C16H28N6O2. The van der Waals surface area contributed by atoms with E-state index in [0.29, 0.717) is 32.2 Å². The van der Waals surface area contributed by atoms with Crippen molar-refractivity contribution in [3.63, 3.8) is 0 Å². The van der Waals surface area contributed by atoms with E-state index >= 15 is 0 Å². The van der Waals surface area contributed by atoms with Crippen molar-refractivity contribution in [3.05, 3.63) is 17.0 Å². The van der Waals surface area contributed by atoms with Crippen LogP contribution in [0.3, 0.4) is 0 Å². The molecule has 0 radical (unpaired) electrons. The van der Waals surface area contributed by atoms with Crippen LogP contribution in [-0.4, -0.2) is 52.5 Å². The minimum absolute atomic E-state index is 0.232. The lowest BCUT2D eigenvalue weighted by Crippen LogP contribution is -2.48. The van der Waals surface area contributed by atoms with Gasteiger partial charge in [0, 0.05) is 37.4 Å². The molecule has 0 atom stereocenters. The van der Waals surface area contributed by atoms with Gasteiger partial charge in [-0.15, -0.1) is 0 Å². The van der Waals surface area contributed by atoms with Crippen LogP contribution in [0.5, 0.6) is 0 Å². The fourth-order valence-corrected chi connectivity index (χ4v) is 2.89. The Kier molecular flexibility index (Phi) is 6.05. The molecular weight excluding hydrogens is 308 g/mol. The van der Waals surface area contributed by atoms with Crippen LogP contribution in [0.2, 0.25) is 0 Å². The predicted molar refractivity (Wildman–Crippen MR) is 92.8 cm³/mol. The molecule has 1 fully saturated rings. The number of hydrogen-bond acceptors (Lipinski definition) is 4. The number of carbonyl (C=O) groups is 1. The lowest BCUT2D eigenvalue weighted by molar-refractivity contribution is 0.0963. The number of rotatable bonds is 4. The van der Waals surface area contributed by atoms with Crippen LogP contribution >= 0.6 is 0 Å². The van der Waals surface area contributed by atoms with Crippen LogP contribution in [0.4, 0.5) is 4.79 Å². The number of likely N-dealkylation sites (tertiary alicyclic amines) is 1. The summed E-state index contributed by atoms with van der Waals surface area (Å²) < 4.78 is 6.88. The normalized spacial score (nSPS) is 16.3. The van der Waals surface area contributed by atoms with Crippen molar-refractivity contribution in [2.24, 2.45) is 17.8 Å². The average molecular weight is 336 g/mol. The Labute approximate surface area is 143 Å². The lowest BCUT2D eigenvalue weighted by Gasteiger charge is -2.31. The fraction of sp³-hybridized carbons (Fsp3) is 0.688. The number of hydrogen-bond donors (Lipinski definition) is 2. The van der Waals surface area contributed by atoms with Gasteiger partial charge < -0.3 is 20.7 Å². The molecule has 1 aromatic heterocycles. The number of nitrogens with one attached hydrogen (secondary N) is 1. The van der Waals surface area contributed by atoms with Gasteiger partial charge >= 0.3 is 6.09 Å². The third-order valence-corrected chi connectivity index (χ3v) is 4.44. The summed E-state index contributed by atoms with van der Waals surface area (Å²) in [6.07, 6.45) is 1.43. The highest BCUT2D eigenvalue weighted by molar-refractivity contribution is 5.78. The number of nitrogens with two attached hydrogens (primary N) is 1. The summed E-state index contributed by atoms with van der Waals surface area (Å²) in [5, 5.41) is 7.63. The molecule has 134 valence electrons. The van der Waals surface area contributed by atoms with E-state index in [1.54, 1.807) is 4.90 Å². The third-order valence-electron chi connectivity index (χ3n) is 4.44. The van der Waals surface area contributed by atoms with E-state index in [9.17, 15) is 4.79 Å². The van der Waals surface area contributed by atoms with E-state index in [1.807, 2.05) is 32.5 Å². The first-order valence-electron chi connectivity index (χ1n) is 8.39. The topological polar surface area (TPSA) is 97.8 Å². The number of ether oxygens (including phenoxy) is 1. The van der Waals surface area contributed by atoms with Crippen molar-refractivity contribution >= 4 is 12.1 Å². The Morgan fingerprint density at radius 2 is 2.08 bits per heavy atom. The van der Waals surface area contributed by atoms with Gasteiger partial charge in [0.2, 0.25) is 0 Å². The molecule has 2 heterocycles. The molecule has 1 aromatic rings. The molecule has 0 spiro atoms. The number of aryl methyl sites for hydroxylation is 2. The molecule has 1 amide bonds. The number of piperidine rings is 1. The Morgan fingerprint density at radius 3 is 2.62 bits per heavy atom. The molecule has 1 saturated heterocycles.